The van der Waals surface area contributed by atoms with Crippen molar-refractivity contribution in [2.75, 3.05) is 18.8 Å². The van der Waals surface area contributed by atoms with Crippen LogP contribution in [-0.4, -0.2) is 54.2 Å². The number of likely N-dealkylation sites (tertiary alicyclic amines) is 1. The molecule has 1 unspecified atom stereocenters. The Bertz CT molecular complexity index is 695. The number of hydrogen-bond acceptors (Lipinski definition) is 6. The molecule has 1 heterocycles. The maximum Gasteiger partial charge on any atom is 0.269 e. The van der Waals surface area contributed by atoms with E-state index in [1.165, 1.54) is 0 Å². The molecular formula is C15H20N2O6S. The zero-order valence-corrected chi connectivity index (χ0v) is 13.9. The number of hydrogen-bond donors (Lipinski definition) is 1. The second-order valence-corrected chi connectivity index (χ2v) is 7.85. The number of nitro groups is 1. The molecule has 0 aromatic heterocycles. The molecule has 1 aromatic rings. The minimum absolute atomic E-state index is 0.0701. The lowest BCUT2D eigenvalue weighted by molar-refractivity contribution is -0.384. The van der Waals surface area contributed by atoms with Crippen molar-refractivity contribution >= 4 is 21.4 Å². The summed E-state index contributed by atoms with van der Waals surface area (Å²) in [7, 11) is -3.77. The highest BCUT2D eigenvalue weighted by Gasteiger charge is 2.23. The van der Waals surface area contributed by atoms with Gasteiger partial charge in [0.1, 0.15) is 0 Å². The highest BCUT2D eigenvalue weighted by molar-refractivity contribution is 7.91. The maximum absolute atomic E-state index is 12.2. The number of non-ortho nitro benzene ring substituents is 1. The first-order valence-corrected chi connectivity index (χ1v) is 9.38. The lowest BCUT2D eigenvalue weighted by Gasteiger charge is -2.16. The number of nitro benzene ring substituents is 1. The fraction of sp³-hybridized carbons (Fsp3) is 0.533. The van der Waals surface area contributed by atoms with E-state index in [2.05, 4.69) is 0 Å². The zero-order chi connectivity index (χ0) is 17.7. The van der Waals surface area contributed by atoms with Gasteiger partial charge in [-0.05, 0) is 31.4 Å². The van der Waals surface area contributed by atoms with E-state index in [9.17, 15) is 28.4 Å². The van der Waals surface area contributed by atoms with E-state index >= 15 is 0 Å². The normalized spacial score (nSPS) is 16.1. The van der Waals surface area contributed by atoms with Crippen molar-refractivity contribution in [2.45, 2.75) is 36.7 Å². The van der Waals surface area contributed by atoms with Gasteiger partial charge < -0.3 is 10.0 Å². The summed E-state index contributed by atoms with van der Waals surface area (Å²) in [5.74, 6) is -0.586. The van der Waals surface area contributed by atoms with Crippen LogP contribution in [0.5, 0.6) is 0 Å². The largest absolute Gasteiger partial charge is 0.392 e. The predicted molar refractivity (Wildman–Crippen MR) is 86.2 cm³/mol. The molecule has 1 aromatic carbocycles. The van der Waals surface area contributed by atoms with Gasteiger partial charge in [-0.3, -0.25) is 14.9 Å². The van der Waals surface area contributed by atoms with Gasteiger partial charge >= 0.3 is 0 Å². The Hall–Kier alpha value is -2.00. The van der Waals surface area contributed by atoms with Gasteiger partial charge in [-0.1, -0.05) is 0 Å². The Morgan fingerprint density at radius 2 is 1.83 bits per heavy atom. The summed E-state index contributed by atoms with van der Waals surface area (Å²) in [5.41, 5.74) is -0.203. The summed E-state index contributed by atoms with van der Waals surface area (Å²) in [6.07, 6.45) is 0.973. The van der Waals surface area contributed by atoms with Gasteiger partial charge in [0.25, 0.3) is 5.69 Å². The Balaban J connectivity index is 1.90. The van der Waals surface area contributed by atoms with E-state index < -0.39 is 26.6 Å². The molecule has 0 bridgehead atoms. The Morgan fingerprint density at radius 1 is 1.25 bits per heavy atom. The summed E-state index contributed by atoms with van der Waals surface area (Å²) >= 11 is 0. The lowest BCUT2D eigenvalue weighted by atomic mass is 10.2. The summed E-state index contributed by atoms with van der Waals surface area (Å²) in [5, 5.41) is 20.5. The second-order valence-electron chi connectivity index (χ2n) is 5.81. The van der Waals surface area contributed by atoms with Crippen molar-refractivity contribution in [2.24, 2.45) is 0 Å². The number of carbonyl (C=O) groups excluding carboxylic acids is 1. The highest BCUT2D eigenvalue weighted by atomic mass is 32.2. The summed E-state index contributed by atoms with van der Waals surface area (Å²) in [6.45, 7) is 1.44. The van der Waals surface area contributed by atoms with Crippen LogP contribution in [0.1, 0.15) is 25.7 Å². The number of amides is 1. The van der Waals surface area contributed by atoms with Gasteiger partial charge in [0.15, 0.2) is 9.84 Å². The van der Waals surface area contributed by atoms with Crippen molar-refractivity contribution < 1.29 is 23.2 Å². The fourth-order valence-electron chi connectivity index (χ4n) is 2.62. The molecule has 9 heteroatoms. The summed E-state index contributed by atoms with van der Waals surface area (Å²) < 4.78 is 24.4. The van der Waals surface area contributed by atoms with Crippen molar-refractivity contribution in [1.82, 2.24) is 4.90 Å². The van der Waals surface area contributed by atoms with Gasteiger partial charge in [0.2, 0.25) is 5.91 Å². The lowest BCUT2D eigenvalue weighted by Crippen LogP contribution is -2.29. The van der Waals surface area contributed by atoms with E-state index in [0.717, 1.165) is 50.2 Å². The molecule has 1 atom stereocenters. The number of carbonyl (C=O) groups is 1. The molecule has 1 fully saturated rings. The number of aliphatic hydroxyl groups is 1. The molecule has 0 radical (unpaired) electrons. The molecule has 1 aliphatic rings. The summed E-state index contributed by atoms with van der Waals surface area (Å²) in [4.78, 5) is 23.5. The molecule has 24 heavy (non-hydrogen) atoms. The first kappa shape index (κ1) is 18.3. The molecule has 1 saturated heterocycles. The van der Waals surface area contributed by atoms with E-state index in [1.807, 2.05) is 0 Å². The van der Waals surface area contributed by atoms with E-state index in [4.69, 9.17) is 0 Å². The number of nitrogens with zero attached hydrogens (tertiary/aromatic N) is 2. The molecule has 8 nitrogen and oxygen atoms in total. The standard InChI is InChI=1S/C15H20N2O6S/c18-13(5-8-15(19)16-9-1-2-10-16)11-24(22,23)14-6-3-12(4-7-14)17(20)21/h3-4,6-7,13,18H,1-2,5,8-11H2. The zero-order valence-electron chi connectivity index (χ0n) is 13.1. The first-order valence-electron chi connectivity index (χ1n) is 7.72. The molecule has 1 aliphatic heterocycles. The molecule has 0 aliphatic carbocycles. The van der Waals surface area contributed by atoms with Crippen molar-refractivity contribution in [3.63, 3.8) is 0 Å². The van der Waals surface area contributed by atoms with E-state index in [-0.39, 0.29) is 29.3 Å². The van der Waals surface area contributed by atoms with Crippen molar-refractivity contribution in [3.05, 3.63) is 34.4 Å². The van der Waals surface area contributed by atoms with Gasteiger partial charge in [-0.2, -0.15) is 0 Å². The average molecular weight is 356 g/mol. The average Bonchev–Trinajstić information content (AvgIpc) is 3.07. The quantitative estimate of drug-likeness (QED) is 0.578. The van der Waals surface area contributed by atoms with Crippen LogP contribution < -0.4 is 0 Å². The topological polar surface area (TPSA) is 118 Å². The van der Waals surface area contributed by atoms with Crippen molar-refractivity contribution in [3.8, 4) is 0 Å². The molecule has 1 N–H and O–H groups in total. The van der Waals surface area contributed by atoms with E-state index in [1.54, 1.807) is 4.90 Å². The molecular weight excluding hydrogens is 336 g/mol. The maximum atomic E-state index is 12.2. The van der Waals surface area contributed by atoms with Crippen LogP contribution in [-0.2, 0) is 14.6 Å². The van der Waals surface area contributed by atoms with Gasteiger partial charge in [0.05, 0.1) is 21.7 Å². The second kappa shape index (κ2) is 7.71. The fourth-order valence-corrected chi connectivity index (χ4v) is 4.04. The Labute approximate surface area is 140 Å². The predicted octanol–water partition coefficient (Wildman–Crippen LogP) is 1.13. The van der Waals surface area contributed by atoms with Crippen LogP contribution in [0.25, 0.3) is 0 Å². The Morgan fingerprint density at radius 3 is 2.38 bits per heavy atom. The third-order valence-electron chi connectivity index (χ3n) is 3.97. The van der Waals surface area contributed by atoms with Crippen LogP contribution in [0, 0.1) is 10.1 Å². The molecule has 0 saturated carbocycles. The minimum atomic E-state index is -3.77. The van der Waals surface area contributed by atoms with Crippen molar-refractivity contribution in [1.29, 1.82) is 0 Å². The molecule has 0 spiro atoms. The Kier molecular flexibility index (Phi) is 5.89. The molecule has 132 valence electrons. The monoisotopic (exact) mass is 356 g/mol. The number of benzene rings is 1. The molecule has 2 rings (SSSR count). The highest BCUT2D eigenvalue weighted by Crippen LogP contribution is 2.18. The smallest absolute Gasteiger partial charge is 0.269 e. The van der Waals surface area contributed by atoms with Crippen LogP contribution in [0.3, 0.4) is 0 Å². The van der Waals surface area contributed by atoms with Gasteiger partial charge in [-0.15, -0.1) is 0 Å². The third kappa shape index (κ3) is 4.75. The summed E-state index contributed by atoms with van der Waals surface area (Å²) in [6, 6.07) is 4.51. The van der Waals surface area contributed by atoms with E-state index in [0.29, 0.717) is 0 Å². The van der Waals surface area contributed by atoms with Crippen LogP contribution >= 0.6 is 0 Å². The van der Waals surface area contributed by atoms with Crippen LogP contribution in [0.2, 0.25) is 0 Å². The van der Waals surface area contributed by atoms with Crippen LogP contribution in [0.4, 0.5) is 5.69 Å². The SMILES string of the molecule is O=C(CCC(O)CS(=O)(=O)c1ccc([N+](=O)[O-])cc1)N1CCCC1. The molecule has 1 amide bonds. The third-order valence-corrected chi connectivity index (χ3v) is 5.78. The number of aliphatic hydroxyl groups excluding tert-OH is 1. The number of rotatable bonds is 7. The van der Waals surface area contributed by atoms with Gasteiger partial charge in [0, 0.05) is 31.6 Å². The van der Waals surface area contributed by atoms with Crippen LogP contribution in [0.15, 0.2) is 29.2 Å². The first-order chi connectivity index (χ1) is 11.3. The number of sulfone groups is 1. The minimum Gasteiger partial charge on any atom is -0.392 e. The van der Waals surface area contributed by atoms with Gasteiger partial charge in [-0.25, -0.2) is 8.42 Å².